The molecule has 244 valence electrons. The van der Waals surface area contributed by atoms with Gasteiger partial charge in [0.1, 0.15) is 23.0 Å². The van der Waals surface area contributed by atoms with Crippen molar-refractivity contribution in [3.05, 3.63) is 84.8 Å². The first kappa shape index (κ1) is 34.9. The third kappa shape index (κ3) is 9.31. The molecule has 0 unspecified atom stereocenters. The zero-order valence-corrected chi connectivity index (χ0v) is 27.4. The van der Waals surface area contributed by atoms with Crippen LogP contribution < -0.4 is 19.1 Å². The number of nitrogens with zero attached hydrogens (tertiary/aromatic N) is 4. The number of aliphatic carboxylic acids is 1. The van der Waals surface area contributed by atoms with Gasteiger partial charge in [-0.15, -0.1) is 11.8 Å². The van der Waals surface area contributed by atoms with E-state index in [9.17, 15) is 23.2 Å². The number of benzene rings is 2. The number of pyridine rings is 1. The number of carboxylic acids is 1. The summed E-state index contributed by atoms with van der Waals surface area (Å²) in [5, 5.41) is 9.11. The van der Waals surface area contributed by atoms with Crippen LogP contribution in [0.3, 0.4) is 0 Å². The van der Waals surface area contributed by atoms with Crippen molar-refractivity contribution in [3.63, 3.8) is 0 Å². The second-order valence-corrected chi connectivity index (χ2v) is 12.2. The molecule has 17 heteroatoms. The Hall–Kier alpha value is -3.92. The van der Waals surface area contributed by atoms with Crippen LogP contribution in [-0.2, 0) is 27.4 Å². The number of ether oxygens (including phenoxy) is 3. The molecule has 2 aromatic heterocycles. The second kappa shape index (κ2) is 16.1. The molecule has 0 spiro atoms. The summed E-state index contributed by atoms with van der Waals surface area (Å²) in [6, 6.07) is 9.80. The van der Waals surface area contributed by atoms with Crippen LogP contribution in [0, 0.1) is 11.6 Å². The van der Waals surface area contributed by atoms with Gasteiger partial charge in [-0.1, -0.05) is 23.2 Å². The van der Waals surface area contributed by atoms with Crippen LogP contribution in [0.25, 0.3) is 0 Å². The number of halogens is 4. The zero-order chi connectivity index (χ0) is 33.4. The van der Waals surface area contributed by atoms with Crippen molar-refractivity contribution in [1.29, 1.82) is 0 Å². The first-order chi connectivity index (χ1) is 21.9. The van der Waals surface area contributed by atoms with E-state index in [0.717, 1.165) is 48.1 Å². The van der Waals surface area contributed by atoms with Crippen LogP contribution in [0.1, 0.15) is 19.8 Å². The summed E-state index contributed by atoms with van der Waals surface area (Å²) in [5.74, 6) is -2.18. The fourth-order valence-electron chi connectivity index (χ4n) is 3.86. The summed E-state index contributed by atoms with van der Waals surface area (Å²) in [6.07, 6.45) is 2.20. The van der Waals surface area contributed by atoms with E-state index in [1.54, 1.807) is 9.36 Å². The molecule has 46 heavy (non-hydrogen) atoms. The average Bonchev–Trinajstić information content (AvgIpc) is 3.35. The van der Waals surface area contributed by atoms with Crippen molar-refractivity contribution in [3.8, 4) is 17.4 Å². The Morgan fingerprint density at radius 1 is 1.09 bits per heavy atom. The highest BCUT2D eigenvalue weighted by molar-refractivity contribution is 8.00. The van der Waals surface area contributed by atoms with Gasteiger partial charge < -0.3 is 19.3 Å². The highest BCUT2D eigenvalue weighted by atomic mass is 35.5. The number of aromatic nitrogens is 3. The maximum absolute atomic E-state index is 14.3. The third-order valence-corrected chi connectivity index (χ3v) is 8.69. The smallest absolute Gasteiger partial charge is 0.344 e. The Labute approximate surface area is 279 Å². The molecule has 0 aliphatic carbocycles. The standard InChI is InChI=1S/C15H15ClFN3O3S2.C14H11ClFNO4/c1-23-13(21)8-24-12-7-11(10(17)6-9(12)16)18-14-19-4-2-3-5-20(19)15(22)25-14;1-8(14(18)19)20-10-2-4-11(5-3-10)21-13-12(16)6-9(15)7-17-13/h6-7H,2-5,8H2,1H3;2-8H,1H3,(H,18,19)/t;8-/m.1/s1. The maximum atomic E-state index is 14.3. The number of hydrogen-bond acceptors (Lipinski definition) is 10. The van der Waals surface area contributed by atoms with Gasteiger partial charge in [-0.2, -0.15) is 0 Å². The van der Waals surface area contributed by atoms with Crippen molar-refractivity contribution in [2.24, 2.45) is 4.99 Å². The highest BCUT2D eigenvalue weighted by Gasteiger charge is 2.16. The molecule has 1 N–H and O–H groups in total. The van der Waals surface area contributed by atoms with Gasteiger partial charge in [-0.3, -0.25) is 14.3 Å². The number of esters is 1. The molecule has 0 amide bonds. The van der Waals surface area contributed by atoms with Gasteiger partial charge in [0.05, 0.1) is 22.9 Å². The molecule has 0 fully saturated rings. The molecule has 0 bridgehead atoms. The van der Waals surface area contributed by atoms with Gasteiger partial charge >= 0.3 is 16.8 Å². The summed E-state index contributed by atoms with van der Waals surface area (Å²) in [7, 11) is 1.30. The number of fused-ring (bicyclic) bond motifs is 1. The van der Waals surface area contributed by atoms with Crippen LogP contribution in [0.15, 0.2) is 63.3 Å². The molecule has 0 radical (unpaired) electrons. The first-order valence-electron chi connectivity index (χ1n) is 13.5. The minimum absolute atomic E-state index is 0.0605. The molecular formula is C29H26Cl2F2N4O7S2. The number of carbonyl (C=O) groups excluding carboxylic acids is 1. The molecule has 1 aliphatic heterocycles. The van der Waals surface area contributed by atoms with E-state index < -0.39 is 29.7 Å². The first-order valence-corrected chi connectivity index (χ1v) is 16.0. The second-order valence-electron chi connectivity index (χ2n) is 9.43. The Morgan fingerprint density at radius 3 is 2.41 bits per heavy atom. The minimum Gasteiger partial charge on any atom is -0.479 e. The fourth-order valence-corrected chi connectivity index (χ4v) is 5.99. The topological polar surface area (TPSA) is 134 Å². The number of rotatable bonds is 9. The molecule has 1 aliphatic rings. The third-order valence-electron chi connectivity index (χ3n) is 6.15. The molecule has 4 aromatic rings. The van der Waals surface area contributed by atoms with Gasteiger partial charge in [0.25, 0.3) is 5.88 Å². The van der Waals surface area contributed by atoms with Crippen LogP contribution in [0.4, 0.5) is 14.5 Å². The van der Waals surface area contributed by atoms with Gasteiger partial charge in [0.2, 0.25) is 4.80 Å². The van der Waals surface area contributed by atoms with E-state index >= 15 is 0 Å². The van der Waals surface area contributed by atoms with Crippen LogP contribution >= 0.6 is 46.3 Å². The summed E-state index contributed by atoms with van der Waals surface area (Å²) in [6.45, 7) is 2.74. The van der Waals surface area contributed by atoms with E-state index in [1.165, 1.54) is 50.6 Å². The maximum Gasteiger partial charge on any atom is 0.344 e. The van der Waals surface area contributed by atoms with Gasteiger partial charge in [0.15, 0.2) is 11.9 Å². The SMILES string of the molecule is COC(=O)CSc1cc(N=c2sc(=O)n3n2CCCC3)c(F)cc1Cl.C[C@@H](Oc1ccc(Oc2ncc(Cl)cc2F)cc1)C(=O)O. The normalized spacial score (nSPS) is 13.2. The molecule has 2 aromatic carbocycles. The summed E-state index contributed by atoms with van der Waals surface area (Å²) in [5.41, 5.74) is 0.0829. The van der Waals surface area contributed by atoms with Crippen LogP contribution in [-0.4, -0.2) is 50.4 Å². The van der Waals surface area contributed by atoms with Gasteiger partial charge in [0, 0.05) is 24.2 Å². The monoisotopic (exact) mass is 714 g/mol. The van der Waals surface area contributed by atoms with Gasteiger partial charge in [-0.25, -0.2) is 28.2 Å². The van der Waals surface area contributed by atoms with E-state index in [1.807, 2.05) is 0 Å². The Balaban J connectivity index is 0.000000212. The summed E-state index contributed by atoms with van der Waals surface area (Å²) >= 11 is 13.8. The summed E-state index contributed by atoms with van der Waals surface area (Å²) in [4.78, 5) is 42.9. The lowest BCUT2D eigenvalue weighted by molar-refractivity contribution is -0.144. The highest BCUT2D eigenvalue weighted by Crippen LogP contribution is 2.33. The lowest BCUT2D eigenvalue weighted by Gasteiger charge is -2.15. The predicted octanol–water partition coefficient (Wildman–Crippen LogP) is 6.31. The van der Waals surface area contributed by atoms with Crippen molar-refractivity contribution in [2.45, 2.75) is 43.9 Å². The largest absolute Gasteiger partial charge is 0.479 e. The van der Waals surface area contributed by atoms with Crippen molar-refractivity contribution >= 4 is 63.9 Å². The van der Waals surface area contributed by atoms with Crippen molar-refractivity contribution < 1.29 is 37.7 Å². The van der Waals surface area contributed by atoms with Crippen molar-refractivity contribution in [1.82, 2.24) is 14.3 Å². The average molecular weight is 716 g/mol. The lowest BCUT2D eigenvalue weighted by Crippen LogP contribution is -2.31. The zero-order valence-electron chi connectivity index (χ0n) is 24.2. The fraction of sp³-hybridized carbons (Fsp3) is 0.276. The Morgan fingerprint density at radius 2 is 1.76 bits per heavy atom. The lowest BCUT2D eigenvalue weighted by atomic mass is 10.3. The molecule has 3 heterocycles. The number of carboxylic acid groups (broad SMARTS) is 1. The van der Waals surface area contributed by atoms with Crippen LogP contribution in [0.2, 0.25) is 10.0 Å². The number of carbonyl (C=O) groups is 2. The van der Waals surface area contributed by atoms with Crippen molar-refractivity contribution in [2.75, 3.05) is 12.9 Å². The molecule has 11 nitrogen and oxygen atoms in total. The molecule has 1 atom stereocenters. The van der Waals surface area contributed by atoms with E-state index in [4.69, 9.17) is 37.8 Å². The van der Waals surface area contributed by atoms with E-state index in [0.29, 0.717) is 34.3 Å². The predicted molar refractivity (Wildman–Crippen MR) is 169 cm³/mol. The molecule has 0 saturated carbocycles. The molecular weight excluding hydrogens is 689 g/mol. The number of methoxy groups -OCH3 is 1. The minimum atomic E-state index is -1.07. The van der Waals surface area contributed by atoms with Crippen LogP contribution in [0.5, 0.6) is 17.4 Å². The number of hydrogen-bond donors (Lipinski definition) is 1. The Kier molecular flexibility index (Phi) is 12.2. The molecule has 0 saturated heterocycles. The molecule has 5 rings (SSSR count). The quantitative estimate of drug-likeness (QED) is 0.156. The summed E-state index contributed by atoms with van der Waals surface area (Å²) < 4.78 is 46.2. The Bertz CT molecular complexity index is 1850. The van der Waals surface area contributed by atoms with Gasteiger partial charge in [-0.05, 0) is 73.6 Å². The number of thioether (sulfide) groups is 1. The van der Waals surface area contributed by atoms with E-state index in [2.05, 4.69) is 14.7 Å². The van der Waals surface area contributed by atoms with E-state index in [-0.39, 0.29) is 32.2 Å².